The minimum Gasteiger partial charge on any atom is -0.382 e. The molecule has 0 fully saturated rings. The summed E-state index contributed by atoms with van der Waals surface area (Å²) < 4.78 is 57.1. The summed E-state index contributed by atoms with van der Waals surface area (Å²) in [6.07, 6.45) is 0.653. The molecule has 3 rings (SSSR count). The first-order valence-corrected chi connectivity index (χ1v) is 13.2. The van der Waals surface area contributed by atoms with Crippen LogP contribution in [-0.2, 0) is 26.7 Å². The standard InChI is InChI=1S/C23H27NO5S2/c1-4-18(3)24(17-19-13-15-21(16-14-19)29-30(25,26)5-2)31(27,28)23-12-8-10-20-9-6-7-11-22(20)23/h6-16,18H,4-5,17H2,1-3H3. The van der Waals surface area contributed by atoms with Crippen molar-refractivity contribution in [2.45, 2.75) is 44.7 Å². The topological polar surface area (TPSA) is 80.8 Å². The van der Waals surface area contributed by atoms with Crippen LogP contribution in [0.2, 0.25) is 0 Å². The summed E-state index contributed by atoms with van der Waals surface area (Å²) in [7, 11) is -7.39. The zero-order valence-corrected chi connectivity index (χ0v) is 19.5. The quantitative estimate of drug-likeness (QED) is 0.437. The largest absolute Gasteiger partial charge is 0.382 e. The van der Waals surface area contributed by atoms with Gasteiger partial charge in [-0.25, -0.2) is 8.42 Å². The average molecular weight is 462 g/mol. The lowest BCUT2D eigenvalue weighted by atomic mass is 10.1. The molecule has 0 radical (unpaired) electrons. The van der Waals surface area contributed by atoms with Gasteiger partial charge < -0.3 is 4.18 Å². The van der Waals surface area contributed by atoms with Crippen molar-refractivity contribution >= 4 is 30.9 Å². The molecule has 0 N–H and O–H groups in total. The molecule has 0 saturated carbocycles. The third-order valence-electron chi connectivity index (χ3n) is 5.26. The van der Waals surface area contributed by atoms with Crippen molar-refractivity contribution < 1.29 is 21.0 Å². The third-order valence-corrected chi connectivity index (χ3v) is 8.43. The molecule has 0 aliphatic rings. The second-order valence-electron chi connectivity index (χ2n) is 7.36. The molecule has 0 bridgehead atoms. The van der Waals surface area contributed by atoms with Crippen LogP contribution in [0.15, 0.2) is 71.6 Å². The van der Waals surface area contributed by atoms with Crippen LogP contribution in [0.1, 0.15) is 32.8 Å². The molecule has 1 unspecified atom stereocenters. The van der Waals surface area contributed by atoms with Crippen molar-refractivity contribution in [1.29, 1.82) is 0 Å². The monoisotopic (exact) mass is 461 g/mol. The lowest BCUT2D eigenvalue weighted by Crippen LogP contribution is -2.37. The first kappa shape index (κ1) is 23.2. The minimum atomic E-state index is -3.77. The molecule has 0 aliphatic carbocycles. The van der Waals surface area contributed by atoms with E-state index in [2.05, 4.69) is 0 Å². The second kappa shape index (κ2) is 9.38. The Morgan fingerprint density at radius 1 is 0.871 bits per heavy atom. The van der Waals surface area contributed by atoms with Gasteiger partial charge in [0.15, 0.2) is 0 Å². The predicted molar refractivity (Wildman–Crippen MR) is 123 cm³/mol. The van der Waals surface area contributed by atoms with Crippen LogP contribution in [0.4, 0.5) is 0 Å². The molecule has 0 heterocycles. The molecule has 6 nitrogen and oxygen atoms in total. The van der Waals surface area contributed by atoms with E-state index in [9.17, 15) is 16.8 Å². The Bertz CT molecular complexity index is 1250. The van der Waals surface area contributed by atoms with E-state index >= 15 is 0 Å². The summed E-state index contributed by atoms with van der Waals surface area (Å²) in [6, 6.07) is 19.0. The summed E-state index contributed by atoms with van der Waals surface area (Å²) in [5.41, 5.74) is 0.741. The molecular weight excluding hydrogens is 434 g/mol. The van der Waals surface area contributed by atoms with Gasteiger partial charge in [-0.1, -0.05) is 55.5 Å². The fourth-order valence-corrected chi connectivity index (χ4v) is 5.70. The minimum absolute atomic E-state index is 0.125. The maximum atomic E-state index is 13.7. The lowest BCUT2D eigenvalue weighted by Gasteiger charge is -2.28. The Balaban J connectivity index is 1.95. The van der Waals surface area contributed by atoms with E-state index in [0.29, 0.717) is 11.8 Å². The normalized spacial score (nSPS) is 13.4. The molecular formula is C23H27NO5S2. The SMILES string of the molecule is CCC(C)N(Cc1ccc(OS(=O)(=O)CC)cc1)S(=O)(=O)c1cccc2ccccc12. The van der Waals surface area contributed by atoms with Crippen LogP contribution in [0.5, 0.6) is 5.75 Å². The van der Waals surface area contributed by atoms with Gasteiger partial charge in [0, 0.05) is 18.0 Å². The molecule has 3 aromatic carbocycles. The van der Waals surface area contributed by atoms with Crippen LogP contribution < -0.4 is 4.18 Å². The summed E-state index contributed by atoms with van der Waals surface area (Å²) >= 11 is 0. The maximum Gasteiger partial charge on any atom is 0.308 e. The van der Waals surface area contributed by atoms with Crippen LogP contribution in [0, 0.1) is 0 Å². The molecule has 0 amide bonds. The van der Waals surface area contributed by atoms with E-state index in [4.69, 9.17) is 4.18 Å². The van der Waals surface area contributed by atoms with Gasteiger partial charge in [-0.2, -0.15) is 12.7 Å². The Morgan fingerprint density at radius 2 is 1.52 bits per heavy atom. The summed E-state index contributed by atoms with van der Waals surface area (Å²) in [5, 5.41) is 1.55. The molecule has 0 aromatic heterocycles. The van der Waals surface area contributed by atoms with E-state index in [1.807, 2.05) is 44.2 Å². The van der Waals surface area contributed by atoms with Gasteiger partial charge in [0.05, 0.1) is 10.6 Å². The van der Waals surface area contributed by atoms with Crippen LogP contribution in [-0.4, -0.2) is 32.9 Å². The van der Waals surface area contributed by atoms with Gasteiger partial charge in [0.25, 0.3) is 0 Å². The van der Waals surface area contributed by atoms with Crippen molar-refractivity contribution in [2.75, 3.05) is 5.75 Å². The highest BCUT2D eigenvalue weighted by molar-refractivity contribution is 7.89. The Kier molecular flexibility index (Phi) is 7.03. The second-order valence-corrected chi connectivity index (χ2v) is 11.1. The van der Waals surface area contributed by atoms with Crippen molar-refractivity contribution in [1.82, 2.24) is 4.31 Å². The fourth-order valence-electron chi connectivity index (χ4n) is 3.26. The zero-order valence-electron chi connectivity index (χ0n) is 17.9. The van der Waals surface area contributed by atoms with Gasteiger partial charge >= 0.3 is 10.1 Å². The van der Waals surface area contributed by atoms with Crippen LogP contribution >= 0.6 is 0 Å². The average Bonchev–Trinajstić information content (AvgIpc) is 2.77. The zero-order chi connectivity index (χ0) is 22.6. The number of sulfonamides is 1. The fraction of sp³-hybridized carbons (Fsp3) is 0.304. The van der Waals surface area contributed by atoms with E-state index in [1.165, 1.54) is 11.2 Å². The highest BCUT2D eigenvalue weighted by Crippen LogP contribution is 2.29. The lowest BCUT2D eigenvalue weighted by molar-refractivity contribution is 0.323. The molecule has 166 valence electrons. The van der Waals surface area contributed by atoms with E-state index in [1.54, 1.807) is 36.4 Å². The van der Waals surface area contributed by atoms with E-state index < -0.39 is 20.1 Å². The Labute approximate surface area is 184 Å². The molecule has 3 aromatic rings. The molecule has 8 heteroatoms. The van der Waals surface area contributed by atoms with Gasteiger partial charge in [-0.15, -0.1) is 0 Å². The molecule has 0 spiro atoms. The van der Waals surface area contributed by atoms with Crippen molar-refractivity contribution in [3.63, 3.8) is 0 Å². The van der Waals surface area contributed by atoms with Crippen molar-refractivity contribution in [2.24, 2.45) is 0 Å². The number of hydrogen-bond acceptors (Lipinski definition) is 5. The van der Waals surface area contributed by atoms with Gasteiger partial charge in [0.1, 0.15) is 5.75 Å². The number of benzene rings is 3. The van der Waals surface area contributed by atoms with Crippen molar-refractivity contribution in [3.8, 4) is 5.75 Å². The third kappa shape index (κ3) is 5.26. The van der Waals surface area contributed by atoms with Gasteiger partial charge in [0.2, 0.25) is 10.0 Å². The number of fused-ring (bicyclic) bond motifs is 1. The summed E-state index contributed by atoms with van der Waals surface area (Å²) in [5.74, 6) is 0.0809. The first-order valence-electron chi connectivity index (χ1n) is 10.2. The van der Waals surface area contributed by atoms with Gasteiger partial charge in [-0.3, -0.25) is 0 Å². The van der Waals surface area contributed by atoms with E-state index in [0.717, 1.165) is 10.9 Å². The highest BCUT2D eigenvalue weighted by Gasteiger charge is 2.29. The molecule has 1 atom stereocenters. The van der Waals surface area contributed by atoms with Crippen LogP contribution in [0.25, 0.3) is 10.8 Å². The highest BCUT2D eigenvalue weighted by atomic mass is 32.2. The smallest absolute Gasteiger partial charge is 0.308 e. The van der Waals surface area contributed by atoms with Crippen LogP contribution in [0.3, 0.4) is 0 Å². The Morgan fingerprint density at radius 3 is 2.16 bits per heavy atom. The molecule has 0 saturated heterocycles. The van der Waals surface area contributed by atoms with Gasteiger partial charge in [-0.05, 0) is 49.4 Å². The summed E-state index contributed by atoms with van der Waals surface area (Å²) in [4.78, 5) is 0.278. The number of nitrogens with zero attached hydrogens (tertiary/aromatic N) is 1. The number of rotatable bonds is 9. The van der Waals surface area contributed by atoms with E-state index in [-0.39, 0.29) is 29.0 Å². The van der Waals surface area contributed by atoms with Crippen molar-refractivity contribution in [3.05, 3.63) is 72.3 Å². The summed E-state index contributed by atoms with van der Waals surface area (Å²) in [6.45, 7) is 5.50. The molecule has 0 aliphatic heterocycles. The molecule has 31 heavy (non-hydrogen) atoms. The maximum absolute atomic E-state index is 13.7. The Hall–Kier alpha value is -2.42. The predicted octanol–water partition coefficient (Wildman–Crippen LogP) is 4.56. The number of hydrogen-bond donors (Lipinski definition) is 0. The first-order chi connectivity index (χ1) is 14.7.